The van der Waals surface area contributed by atoms with Gasteiger partial charge in [-0.25, -0.2) is 18.4 Å². The van der Waals surface area contributed by atoms with E-state index < -0.39 is 17.9 Å². The second-order valence-corrected chi connectivity index (χ2v) is 11.4. The number of hydrogen-bond acceptors (Lipinski definition) is 4. The molecule has 1 unspecified atom stereocenters. The first-order valence-electron chi connectivity index (χ1n) is 15.5. The number of nitrogens with zero attached hydrogens (tertiary/aromatic N) is 4. The summed E-state index contributed by atoms with van der Waals surface area (Å²) in [6.45, 7) is 3.40. The van der Waals surface area contributed by atoms with E-state index >= 15 is 8.78 Å². The first-order chi connectivity index (χ1) is 22.1. The highest BCUT2D eigenvalue weighted by Gasteiger charge is 2.27. The molecular weight excluding hydrogens is 570 g/mol. The lowest BCUT2D eigenvalue weighted by atomic mass is 9.95. The molecule has 0 saturated carbocycles. The number of aromatic nitrogens is 4. The van der Waals surface area contributed by atoms with Gasteiger partial charge in [0.05, 0.1) is 0 Å². The molecule has 1 aliphatic heterocycles. The van der Waals surface area contributed by atoms with Gasteiger partial charge in [0.25, 0.3) is 0 Å². The highest BCUT2D eigenvalue weighted by molar-refractivity contribution is 5.95. The summed E-state index contributed by atoms with van der Waals surface area (Å²) in [5.74, 6) is -0.209. The summed E-state index contributed by atoms with van der Waals surface area (Å²) >= 11 is 0. The lowest BCUT2D eigenvalue weighted by molar-refractivity contribution is -0.0368. The van der Waals surface area contributed by atoms with Crippen molar-refractivity contribution in [2.75, 3.05) is 6.61 Å². The van der Waals surface area contributed by atoms with Crippen LogP contribution in [0.3, 0.4) is 0 Å². The van der Waals surface area contributed by atoms with Crippen molar-refractivity contribution in [2.24, 2.45) is 0 Å². The number of aryl methyl sites for hydroxylation is 1. The van der Waals surface area contributed by atoms with Crippen LogP contribution in [0.4, 0.5) is 8.78 Å². The Morgan fingerprint density at radius 2 is 1.69 bits per heavy atom. The van der Waals surface area contributed by atoms with Crippen molar-refractivity contribution >= 4 is 10.9 Å². The molecule has 7 rings (SSSR count). The average molecular weight is 605 g/mol. The second kappa shape index (κ2) is 12.7. The molecule has 1 saturated heterocycles. The predicted octanol–water partition coefficient (Wildman–Crippen LogP) is 8.73. The SMILES string of the molecule is CCc1cc(OCc2ccccc2)c(F)cc1-c1ccc2c(-c3nccn3Cc3ccccc3)nn(C3CCCCO3)c2c1F. The zero-order valence-electron chi connectivity index (χ0n) is 25.1. The molecule has 6 nitrogen and oxygen atoms in total. The zero-order chi connectivity index (χ0) is 30.8. The normalized spacial score (nSPS) is 15.0. The van der Waals surface area contributed by atoms with Gasteiger partial charge in [-0.15, -0.1) is 0 Å². The lowest BCUT2D eigenvalue weighted by Gasteiger charge is -2.24. The van der Waals surface area contributed by atoms with Gasteiger partial charge in [-0.1, -0.05) is 73.7 Å². The Morgan fingerprint density at radius 1 is 0.911 bits per heavy atom. The number of rotatable bonds is 9. The van der Waals surface area contributed by atoms with Gasteiger partial charge >= 0.3 is 0 Å². The summed E-state index contributed by atoms with van der Waals surface area (Å²) < 4.78 is 48.0. The summed E-state index contributed by atoms with van der Waals surface area (Å²) in [6.07, 6.45) is 6.45. The standard InChI is InChI=1S/C37H34F2N4O2/c1-2-27-21-32(45-24-26-13-7-4-8-14-26)31(38)22-30(27)28-16-17-29-35(37-40-18-19-42(37)23-25-11-5-3-6-12-25)41-43(36(29)34(28)39)33-15-9-10-20-44-33/h3-8,11-14,16-19,21-22,33H,2,9-10,15,20,23-24H2,1H3. The maximum atomic E-state index is 16.9. The van der Waals surface area contributed by atoms with E-state index in [1.54, 1.807) is 23.0 Å². The third kappa shape index (κ3) is 5.73. The molecule has 45 heavy (non-hydrogen) atoms. The molecule has 3 heterocycles. The monoisotopic (exact) mass is 604 g/mol. The largest absolute Gasteiger partial charge is 0.486 e. The molecule has 2 aromatic heterocycles. The fourth-order valence-electron chi connectivity index (χ4n) is 6.11. The lowest BCUT2D eigenvalue weighted by Crippen LogP contribution is -2.19. The maximum Gasteiger partial charge on any atom is 0.165 e. The average Bonchev–Trinajstić information content (AvgIpc) is 3.70. The van der Waals surface area contributed by atoms with Crippen LogP contribution in [0, 0.1) is 11.6 Å². The summed E-state index contributed by atoms with van der Waals surface area (Å²) in [7, 11) is 0. The van der Waals surface area contributed by atoms with Gasteiger partial charge in [0, 0.05) is 36.5 Å². The molecule has 6 aromatic rings. The minimum atomic E-state index is -0.537. The summed E-state index contributed by atoms with van der Waals surface area (Å²) in [5.41, 5.74) is 4.56. The molecule has 0 bridgehead atoms. The van der Waals surface area contributed by atoms with Gasteiger partial charge in [0.1, 0.15) is 17.8 Å². The van der Waals surface area contributed by atoms with Gasteiger partial charge in [0.15, 0.2) is 29.4 Å². The summed E-state index contributed by atoms with van der Waals surface area (Å²) in [4.78, 5) is 4.65. The van der Waals surface area contributed by atoms with Crippen LogP contribution in [0.15, 0.2) is 97.3 Å². The van der Waals surface area contributed by atoms with E-state index in [4.69, 9.17) is 14.6 Å². The van der Waals surface area contributed by atoms with Crippen molar-refractivity contribution in [3.8, 4) is 28.4 Å². The van der Waals surface area contributed by atoms with Crippen LogP contribution in [-0.4, -0.2) is 25.9 Å². The molecule has 0 amide bonds. The van der Waals surface area contributed by atoms with Crippen molar-refractivity contribution in [1.82, 2.24) is 19.3 Å². The van der Waals surface area contributed by atoms with E-state index in [0.29, 0.717) is 53.1 Å². The molecule has 0 aliphatic carbocycles. The van der Waals surface area contributed by atoms with Crippen molar-refractivity contribution in [2.45, 2.75) is 52.0 Å². The van der Waals surface area contributed by atoms with Crippen LogP contribution in [0.1, 0.15) is 49.1 Å². The van der Waals surface area contributed by atoms with Crippen LogP contribution in [0.5, 0.6) is 5.75 Å². The first kappa shape index (κ1) is 28.9. The van der Waals surface area contributed by atoms with Crippen molar-refractivity contribution < 1.29 is 18.3 Å². The molecule has 0 radical (unpaired) electrons. The minimum Gasteiger partial charge on any atom is -0.486 e. The van der Waals surface area contributed by atoms with Crippen LogP contribution in [-0.2, 0) is 24.3 Å². The van der Waals surface area contributed by atoms with Crippen molar-refractivity contribution in [1.29, 1.82) is 0 Å². The minimum absolute atomic E-state index is 0.147. The number of fused-ring (bicyclic) bond motifs is 1. The molecule has 1 aliphatic rings. The third-order valence-corrected chi connectivity index (χ3v) is 8.43. The topological polar surface area (TPSA) is 54.1 Å². The van der Waals surface area contributed by atoms with E-state index in [2.05, 4.69) is 17.1 Å². The first-order valence-corrected chi connectivity index (χ1v) is 15.5. The quantitative estimate of drug-likeness (QED) is 0.166. The fraction of sp³-hybridized carbons (Fsp3) is 0.243. The van der Waals surface area contributed by atoms with Gasteiger partial charge < -0.3 is 14.0 Å². The van der Waals surface area contributed by atoms with Crippen LogP contribution in [0.25, 0.3) is 33.5 Å². The van der Waals surface area contributed by atoms with Gasteiger partial charge in [0.2, 0.25) is 0 Å². The third-order valence-electron chi connectivity index (χ3n) is 8.43. The smallest absolute Gasteiger partial charge is 0.165 e. The molecule has 0 spiro atoms. The summed E-state index contributed by atoms with van der Waals surface area (Å²) in [5, 5.41) is 5.59. The maximum absolute atomic E-state index is 16.9. The van der Waals surface area contributed by atoms with Gasteiger partial charge in [-0.2, -0.15) is 5.10 Å². The Labute approximate surface area is 260 Å². The molecule has 8 heteroatoms. The molecule has 228 valence electrons. The Balaban J connectivity index is 1.32. The fourth-order valence-corrected chi connectivity index (χ4v) is 6.11. The van der Waals surface area contributed by atoms with Crippen molar-refractivity contribution in [3.05, 3.63) is 126 Å². The van der Waals surface area contributed by atoms with E-state index in [-0.39, 0.29) is 12.4 Å². The number of benzene rings is 4. The number of halogens is 2. The molecular formula is C37H34F2N4O2. The van der Waals surface area contributed by atoms with Crippen LogP contribution < -0.4 is 4.74 Å². The van der Waals surface area contributed by atoms with Gasteiger partial charge in [-0.05, 0) is 66.1 Å². The molecule has 1 atom stereocenters. The molecule has 0 N–H and O–H groups in total. The number of imidazole rings is 1. The van der Waals surface area contributed by atoms with Crippen molar-refractivity contribution in [3.63, 3.8) is 0 Å². The van der Waals surface area contributed by atoms with E-state index in [0.717, 1.165) is 36.0 Å². The number of hydrogen-bond donors (Lipinski definition) is 0. The predicted molar refractivity (Wildman–Crippen MR) is 171 cm³/mol. The van der Waals surface area contributed by atoms with Crippen LogP contribution in [0.2, 0.25) is 0 Å². The molecule has 4 aromatic carbocycles. The van der Waals surface area contributed by atoms with E-state index in [1.165, 1.54) is 6.07 Å². The Kier molecular flexibility index (Phi) is 8.13. The Bertz CT molecular complexity index is 1930. The number of ether oxygens (including phenoxy) is 2. The van der Waals surface area contributed by atoms with E-state index in [1.807, 2.05) is 72.3 Å². The van der Waals surface area contributed by atoms with E-state index in [9.17, 15) is 0 Å². The van der Waals surface area contributed by atoms with Crippen LogP contribution >= 0.6 is 0 Å². The molecule has 1 fully saturated rings. The van der Waals surface area contributed by atoms with Gasteiger partial charge in [-0.3, -0.25) is 0 Å². The summed E-state index contributed by atoms with van der Waals surface area (Å²) in [6, 6.07) is 26.4. The highest BCUT2D eigenvalue weighted by atomic mass is 19.1. The zero-order valence-corrected chi connectivity index (χ0v) is 25.1. The Morgan fingerprint density at radius 3 is 2.42 bits per heavy atom. The second-order valence-electron chi connectivity index (χ2n) is 11.4. The Hall–Kier alpha value is -4.82. The highest BCUT2D eigenvalue weighted by Crippen LogP contribution is 2.39.